The van der Waals surface area contributed by atoms with Gasteiger partial charge in [0.2, 0.25) is 15.9 Å². The van der Waals surface area contributed by atoms with Gasteiger partial charge < -0.3 is 10.6 Å². The molecule has 2 heterocycles. The summed E-state index contributed by atoms with van der Waals surface area (Å²) >= 11 is 0. The summed E-state index contributed by atoms with van der Waals surface area (Å²) in [5, 5.41) is 7.77. The van der Waals surface area contributed by atoms with Crippen LogP contribution >= 0.6 is 12.4 Å². The first-order chi connectivity index (χ1) is 16.4. The van der Waals surface area contributed by atoms with Crippen LogP contribution in [0.2, 0.25) is 0 Å². The molecule has 1 aliphatic rings. The molecule has 0 atom stereocenters. The van der Waals surface area contributed by atoms with Crippen molar-refractivity contribution in [3.63, 3.8) is 0 Å². The van der Waals surface area contributed by atoms with Crippen LogP contribution < -0.4 is 15.4 Å². The average Bonchev–Trinajstić information content (AvgIpc) is 3.15. The van der Waals surface area contributed by atoms with Gasteiger partial charge in [0, 0.05) is 28.7 Å². The summed E-state index contributed by atoms with van der Waals surface area (Å²) in [4.78, 5) is 28.8. The molecule has 1 aliphatic heterocycles. The number of urea groups is 1. The van der Waals surface area contributed by atoms with Crippen LogP contribution in [0.1, 0.15) is 0 Å². The van der Waals surface area contributed by atoms with E-state index in [0.29, 0.717) is 5.69 Å². The number of carbonyl (C=O) groups is 2. The van der Waals surface area contributed by atoms with Gasteiger partial charge in [0.15, 0.2) is 0 Å². The van der Waals surface area contributed by atoms with Crippen molar-refractivity contribution < 1.29 is 18.0 Å². The third-order valence-corrected chi connectivity index (χ3v) is 6.80. The van der Waals surface area contributed by atoms with Gasteiger partial charge in [-0.1, -0.05) is 36.4 Å². The number of fused-ring (bicyclic) bond motifs is 2. The molecule has 35 heavy (non-hydrogen) atoms. The SMILES string of the molecule is Cl.O=C1CNC(=O)N1CCS(=O)(=O)Nc1ccc(Nc2c3ccccc3nc3ccccc23)cc1. The number of para-hydroxylation sites is 2. The minimum atomic E-state index is -3.75. The number of hydrogen-bond acceptors (Lipinski definition) is 6. The maximum Gasteiger partial charge on any atom is 0.324 e. The number of anilines is 3. The molecule has 5 rings (SSSR count). The fourth-order valence-corrected chi connectivity index (χ4v) is 4.88. The van der Waals surface area contributed by atoms with E-state index in [-0.39, 0.29) is 31.2 Å². The number of benzene rings is 3. The Balaban J connectivity index is 0.00000289. The standard InChI is InChI=1S/C24H21N5O4S.ClH/c30-22-15-25-24(31)29(22)13-14-34(32,33)28-17-11-9-16(10-12-17)26-23-18-5-1-3-7-20(18)27-21-8-4-2-6-19(21)23;/h1-12,28H,13-15H2,(H,25,31)(H,26,27);1H. The van der Waals surface area contributed by atoms with E-state index >= 15 is 0 Å². The van der Waals surface area contributed by atoms with Crippen molar-refractivity contribution in [2.24, 2.45) is 0 Å². The summed E-state index contributed by atoms with van der Waals surface area (Å²) in [5.74, 6) is -0.826. The third-order valence-electron chi connectivity index (χ3n) is 5.54. The Kier molecular flexibility index (Phi) is 6.77. The molecule has 0 bridgehead atoms. The lowest BCUT2D eigenvalue weighted by Crippen LogP contribution is -2.36. The molecule has 0 radical (unpaired) electrons. The van der Waals surface area contributed by atoms with E-state index in [0.717, 1.165) is 38.1 Å². The number of hydrogen-bond donors (Lipinski definition) is 3. The maximum atomic E-state index is 12.4. The lowest BCUT2D eigenvalue weighted by Gasteiger charge is -2.15. The fourth-order valence-electron chi connectivity index (χ4n) is 3.86. The predicted molar refractivity (Wildman–Crippen MR) is 139 cm³/mol. The van der Waals surface area contributed by atoms with Crippen LogP contribution in [0.15, 0.2) is 72.8 Å². The van der Waals surface area contributed by atoms with Gasteiger partial charge in [-0.3, -0.25) is 14.4 Å². The molecule has 0 unspecified atom stereocenters. The van der Waals surface area contributed by atoms with Gasteiger partial charge in [-0.2, -0.15) is 0 Å². The van der Waals surface area contributed by atoms with Crippen LogP contribution in [0.3, 0.4) is 0 Å². The quantitative estimate of drug-likeness (QED) is 0.256. The van der Waals surface area contributed by atoms with Gasteiger partial charge in [0.05, 0.1) is 29.0 Å². The maximum absolute atomic E-state index is 12.4. The predicted octanol–water partition coefficient (Wildman–Crippen LogP) is 3.85. The summed E-state index contributed by atoms with van der Waals surface area (Å²) in [6, 6.07) is 22.0. The number of amides is 3. The van der Waals surface area contributed by atoms with Crippen LogP contribution in [0.5, 0.6) is 0 Å². The number of carbonyl (C=O) groups excluding carboxylic acids is 2. The normalized spacial score (nSPS) is 13.5. The molecule has 11 heteroatoms. The zero-order chi connectivity index (χ0) is 23.7. The van der Waals surface area contributed by atoms with Gasteiger partial charge in [0.1, 0.15) is 0 Å². The highest BCUT2D eigenvalue weighted by molar-refractivity contribution is 7.92. The first-order valence-corrected chi connectivity index (χ1v) is 12.3. The van der Waals surface area contributed by atoms with Crippen molar-refractivity contribution in [2.75, 3.05) is 28.9 Å². The highest BCUT2D eigenvalue weighted by atomic mass is 35.5. The molecule has 0 saturated carbocycles. The van der Waals surface area contributed by atoms with Crippen LogP contribution in [0.4, 0.5) is 21.9 Å². The number of rotatable bonds is 7. The first kappa shape index (κ1) is 24.2. The zero-order valence-corrected chi connectivity index (χ0v) is 20.0. The van der Waals surface area contributed by atoms with Gasteiger partial charge in [-0.15, -0.1) is 12.4 Å². The molecule has 180 valence electrons. The van der Waals surface area contributed by atoms with Crippen molar-refractivity contribution in [1.82, 2.24) is 15.2 Å². The van der Waals surface area contributed by atoms with Crippen molar-refractivity contribution >= 4 is 73.2 Å². The van der Waals surface area contributed by atoms with Crippen molar-refractivity contribution in [1.29, 1.82) is 0 Å². The molecule has 1 aromatic heterocycles. The summed E-state index contributed by atoms with van der Waals surface area (Å²) < 4.78 is 27.4. The molecule has 1 saturated heterocycles. The Morgan fingerprint density at radius 3 is 2.00 bits per heavy atom. The Morgan fingerprint density at radius 2 is 1.43 bits per heavy atom. The minimum absolute atomic E-state index is 0. The molecule has 4 aromatic rings. The van der Waals surface area contributed by atoms with E-state index in [4.69, 9.17) is 4.98 Å². The first-order valence-electron chi connectivity index (χ1n) is 10.6. The number of nitrogens with zero attached hydrogens (tertiary/aromatic N) is 2. The molecular formula is C24H22ClN5O4S. The number of sulfonamides is 1. The number of aromatic nitrogens is 1. The van der Waals surface area contributed by atoms with Crippen LogP contribution in [-0.4, -0.2) is 49.1 Å². The summed E-state index contributed by atoms with van der Waals surface area (Å²) in [7, 11) is -3.75. The second-order valence-corrected chi connectivity index (χ2v) is 9.69. The molecule has 0 aliphatic carbocycles. The topological polar surface area (TPSA) is 121 Å². The Hall–Kier alpha value is -3.89. The van der Waals surface area contributed by atoms with E-state index in [1.54, 1.807) is 24.3 Å². The van der Waals surface area contributed by atoms with Crippen LogP contribution in [-0.2, 0) is 14.8 Å². The minimum Gasteiger partial charge on any atom is -0.354 e. The number of pyridine rings is 1. The highest BCUT2D eigenvalue weighted by Crippen LogP contribution is 2.33. The lowest BCUT2D eigenvalue weighted by molar-refractivity contribution is -0.124. The van der Waals surface area contributed by atoms with E-state index in [1.165, 1.54) is 0 Å². The molecule has 3 N–H and O–H groups in total. The van der Waals surface area contributed by atoms with Crippen molar-refractivity contribution in [3.8, 4) is 0 Å². The molecule has 1 fully saturated rings. The van der Waals surface area contributed by atoms with Gasteiger partial charge in [-0.05, 0) is 36.4 Å². The van der Waals surface area contributed by atoms with Crippen molar-refractivity contribution in [3.05, 3.63) is 72.8 Å². The molecule has 9 nitrogen and oxygen atoms in total. The largest absolute Gasteiger partial charge is 0.354 e. The monoisotopic (exact) mass is 511 g/mol. The number of halogens is 1. The molecule has 3 aromatic carbocycles. The summed E-state index contributed by atoms with van der Waals surface area (Å²) in [6.07, 6.45) is 0. The average molecular weight is 512 g/mol. The Labute approximate surface area is 208 Å². The van der Waals surface area contributed by atoms with Crippen molar-refractivity contribution in [2.45, 2.75) is 0 Å². The lowest BCUT2D eigenvalue weighted by atomic mass is 10.1. The summed E-state index contributed by atoms with van der Waals surface area (Å²) in [6.45, 7) is -0.315. The van der Waals surface area contributed by atoms with E-state index in [2.05, 4.69) is 15.4 Å². The van der Waals surface area contributed by atoms with E-state index in [1.807, 2.05) is 48.5 Å². The van der Waals surface area contributed by atoms with Crippen LogP contribution in [0, 0.1) is 0 Å². The van der Waals surface area contributed by atoms with Gasteiger partial charge in [-0.25, -0.2) is 18.2 Å². The fraction of sp³-hybridized carbons (Fsp3) is 0.125. The molecule has 3 amide bonds. The second kappa shape index (κ2) is 9.77. The third kappa shape index (κ3) is 5.13. The van der Waals surface area contributed by atoms with E-state index < -0.39 is 22.0 Å². The zero-order valence-electron chi connectivity index (χ0n) is 18.4. The van der Waals surface area contributed by atoms with Gasteiger partial charge in [0.25, 0.3) is 0 Å². The van der Waals surface area contributed by atoms with Crippen LogP contribution in [0.25, 0.3) is 21.8 Å². The molecular weight excluding hydrogens is 490 g/mol. The summed E-state index contributed by atoms with van der Waals surface area (Å²) in [5.41, 5.74) is 3.83. The molecule has 0 spiro atoms. The smallest absolute Gasteiger partial charge is 0.324 e. The number of nitrogens with one attached hydrogen (secondary N) is 3. The van der Waals surface area contributed by atoms with Gasteiger partial charge >= 0.3 is 6.03 Å². The Morgan fingerprint density at radius 1 is 0.857 bits per heavy atom. The van der Waals surface area contributed by atoms with E-state index in [9.17, 15) is 18.0 Å². The second-order valence-electron chi connectivity index (χ2n) is 7.85. The Bertz CT molecular complexity index is 1460. The highest BCUT2D eigenvalue weighted by Gasteiger charge is 2.29. The number of imide groups is 1.